The molecular weight excluding hydrogens is 285 g/mol. The van der Waals surface area contributed by atoms with Gasteiger partial charge in [0.25, 0.3) is 0 Å². The highest BCUT2D eigenvalue weighted by Gasteiger charge is 2.19. The average molecular weight is 298 g/mol. The van der Waals surface area contributed by atoms with Gasteiger partial charge >= 0.3 is 0 Å². The molecule has 0 spiro atoms. The minimum atomic E-state index is -0.252. The lowest BCUT2D eigenvalue weighted by Crippen LogP contribution is -2.19. The van der Waals surface area contributed by atoms with E-state index in [1.54, 1.807) is 25.5 Å². The Morgan fingerprint density at radius 1 is 1.47 bits per heavy atom. The second-order valence-corrected chi connectivity index (χ2v) is 4.68. The highest BCUT2D eigenvalue weighted by molar-refractivity contribution is 9.10. The Labute approximate surface area is 108 Å². The van der Waals surface area contributed by atoms with Crippen LogP contribution in [-0.2, 0) is 7.05 Å². The van der Waals surface area contributed by atoms with Crippen LogP contribution in [0.2, 0.25) is 0 Å². The molecule has 2 aromatic rings. The van der Waals surface area contributed by atoms with Crippen LogP contribution in [-0.4, -0.2) is 16.6 Å². The summed E-state index contributed by atoms with van der Waals surface area (Å²) in [5.74, 6) is -0.252. The van der Waals surface area contributed by atoms with Gasteiger partial charge in [-0.15, -0.1) is 0 Å². The summed E-state index contributed by atoms with van der Waals surface area (Å²) < 4.78 is 16.3. The Bertz CT molecular complexity index is 524. The van der Waals surface area contributed by atoms with E-state index in [-0.39, 0.29) is 11.9 Å². The van der Waals surface area contributed by atoms with E-state index in [1.807, 2.05) is 23.9 Å². The minimum absolute atomic E-state index is 0.242. The maximum absolute atomic E-state index is 14.0. The highest BCUT2D eigenvalue weighted by atomic mass is 79.9. The molecule has 2 rings (SSSR count). The Balaban J connectivity index is 2.45. The smallest absolute Gasteiger partial charge is 0.142 e. The van der Waals surface area contributed by atoms with E-state index in [1.165, 1.54) is 0 Å². The molecule has 0 fully saturated rings. The van der Waals surface area contributed by atoms with Gasteiger partial charge in [0.05, 0.1) is 22.5 Å². The Morgan fingerprint density at radius 2 is 2.24 bits per heavy atom. The van der Waals surface area contributed by atoms with Crippen LogP contribution in [0.5, 0.6) is 0 Å². The number of nitrogens with one attached hydrogen (secondary N) is 1. The van der Waals surface area contributed by atoms with Crippen molar-refractivity contribution >= 4 is 15.9 Å². The quantitative estimate of drug-likeness (QED) is 0.944. The van der Waals surface area contributed by atoms with E-state index in [0.29, 0.717) is 10.0 Å². The molecule has 0 saturated heterocycles. The second kappa shape index (κ2) is 4.98. The van der Waals surface area contributed by atoms with E-state index in [2.05, 4.69) is 26.2 Å². The fourth-order valence-electron chi connectivity index (χ4n) is 1.79. The number of hydrogen-bond acceptors (Lipinski definition) is 2. The predicted octanol–water partition coefficient (Wildman–Crippen LogP) is 2.63. The van der Waals surface area contributed by atoms with Crippen LogP contribution in [0, 0.1) is 5.82 Å². The van der Waals surface area contributed by atoms with Gasteiger partial charge < -0.3 is 9.88 Å². The van der Waals surface area contributed by atoms with E-state index >= 15 is 0 Å². The van der Waals surface area contributed by atoms with Gasteiger partial charge in [0, 0.05) is 18.8 Å². The fraction of sp³-hybridized carbons (Fsp3) is 0.250. The first kappa shape index (κ1) is 12.3. The van der Waals surface area contributed by atoms with E-state index < -0.39 is 0 Å². The van der Waals surface area contributed by atoms with E-state index in [9.17, 15) is 4.39 Å². The van der Waals surface area contributed by atoms with Gasteiger partial charge in [-0.3, -0.25) is 0 Å². The predicted molar refractivity (Wildman–Crippen MR) is 68.2 cm³/mol. The van der Waals surface area contributed by atoms with Gasteiger partial charge in [-0.05, 0) is 29.0 Å². The van der Waals surface area contributed by atoms with Gasteiger partial charge in [0.1, 0.15) is 5.82 Å². The molecule has 1 N–H and O–H groups in total. The van der Waals surface area contributed by atoms with Crippen molar-refractivity contribution in [2.45, 2.75) is 6.04 Å². The monoisotopic (exact) mass is 297 g/mol. The summed E-state index contributed by atoms with van der Waals surface area (Å²) in [7, 11) is 3.68. The van der Waals surface area contributed by atoms with Crippen molar-refractivity contribution in [3.63, 3.8) is 0 Å². The third-order valence-corrected chi connectivity index (χ3v) is 3.21. The zero-order valence-electron chi connectivity index (χ0n) is 9.61. The Hall–Kier alpha value is -1.20. The Morgan fingerprint density at radius 3 is 2.82 bits per heavy atom. The van der Waals surface area contributed by atoms with Crippen molar-refractivity contribution in [3.05, 3.63) is 52.3 Å². The number of aryl methyl sites for hydroxylation is 1. The molecule has 0 aliphatic rings. The molecule has 1 aromatic carbocycles. The van der Waals surface area contributed by atoms with Crippen molar-refractivity contribution in [2.24, 2.45) is 7.05 Å². The molecule has 1 aromatic heterocycles. The molecule has 3 nitrogen and oxygen atoms in total. The molecule has 0 bridgehead atoms. The van der Waals surface area contributed by atoms with Crippen molar-refractivity contribution in [1.82, 2.24) is 14.9 Å². The summed E-state index contributed by atoms with van der Waals surface area (Å²) in [6.45, 7) is 0. The zero-order chi connectivity index (χ0) is 12.4. The third-order valence-electron chi connectivity index (χ3n) is 2.60. The first-order valence-electron chi connectivity index (χ1n) is 5.22. The molecule has 0 amide bonds. The summed E-state index contributed by atoms with van der Waals surface area (Å²) in [4.78, 5) is 4.25. The maximum atomic E-state index is 14.0. The van der Waals surface area contributed by atoms with Crippen LogP contribution in [0.15, 0.2) is 35.2 Å². The molecule has 0 radical (unpaired) electrons. The van der Waals surface area contributed by atoms with Gasteiger partial charge in [0.2, 0.25) is 0 Å². The molecule has 17 heavy (non-hydrogen) atoms. The first-order chi connectivity index (χ1) is 8.13. The third kappa shape index (κ3) is 2.40. The fourth-order valence-corrected chi connectivity index (χ4v) is 2.17. The van der Waals surface area contributed by atoms with Crippen molar-refractivity contribution in [1.29, 1.82) is 0 Å². The van der Waals surface area contributed by atoms with Crippen LogP contribution in [0.1, 0.15) is 17.3 Å². The summed E-state index contributed by atoms with van der Waals surface area (Å²) >= 11 is 3.19. The molecule has 0 aliphatic carbocycles. The number of nitrogens with zero attached hydrogens (tertiary/aromatic N) is 2. The standard InChI is InChI=1S/C12H13BrFN3/c1-15-12(10-6-17(2)7-16-10)8-4-3-5-9(13)11(8)14/h3-7,12,15H,1-2H3. The maximum Gasteiger partial charge on any atom is 0.142 e. The van der Waals surface area contributed by atoms with Crippen LogP contribution >= 0.6 is 15.9 Å². The van der Waals surface area contributed by atoms with Gasteiger partial charge in [0.15, 0.2) is 0 Å². The van der Waals surface area contributed by atoms with Crippen LogP contribution in [0.3, 0.4) is 0 Å². The first-order valence-corrected chi connectivity index (χ1v) is 6.02. The lowest BCUT2D eigenvalue weighted by atomic mass is 10.0. The molecule has 1 unspecified atom stereocenters. The molecule has 0 saturated carbocycles. The van der Waals surface area contributed by atoms with E-state index in [0.717, 1.165) is 5.69 Å². The molecule has 1 heterocycles. The lowest BCUT2D eigenvalue weighted by Gasteiger charge is -2.15. The van der Waals surface area contributed by atoms with Crippen LogP contribution < -0.4 is 5.32 Å². The van der Waals surface area contributed by atoms with Gasteiger partial charge in [-0.1, -0.05) is 12.1 Å². The molecule has 1 atom stereocenters. The van der Waals surface area contributed by atoms with Crippen molar-refractivity contribution < 1.29 is 4.39 Å². The highest BCUT2D eigenvalue weighted by Crippen LogP contribution is 2.27. The number of imidazole rings is 1. The molecule has 90 valence electrons. The summed E-state index contributed by atoms with van der Waals surface area (Å²) in [5.41, 5.74) is 1.38. The van der Waals surface area contributed by atoms with Gasteiger partial charge in [-0.2, -0.15) is 0 Å². The van der Waals surface area contributed by atoms with Gasteiger partial charge in [-0.25, -0.2) is 9.37 Å². The number of halogens is 2. The number of rotatable bonds is 3. The minimum Gasteiger partial charge on any atom is -0.340 e. The topological polar surface area (TPSA) is 29.9 Å². The number of benzene rings is 1. The van der Waals surface area contributed by atoms with E-state index in [4.69, 9.17) is 0 Å². The summed E-state index contributed by atoms with van der Waals surface area (Å²) in [6, 6.07) is 5.02. The van der Waals surface area contributed by atoms with Crippen molar-refractivity contribution in [2.75, 3.05) is 7.05 Å². The van der Waals surface area contributed by atoms with Crippen molar-refractivity contribution in [3.8, 4) is 0 Å². The molecule has 5 heteroatoms. The molecule has 0 aliphatic heterocycles. The number of hydrogen-bond donors (Lipinski definition) is 1. The zero-order valence-corrected chi connectivity index (χ0v) is 11.2. The SMILES string of the molecule is CNC(c1cn(C)cn1)c1cccc(Br)c1F. The lowest BCUT2D eigenvalue weighted by molar-refractivity contribution is 0.566. The number of aromatic nitrogens is 2. The molecular formula is C12H13BrFN3. The van der Waals surface area contributed by atoms with Crippen LogP contribution in [0.4, 0.5) is 4.39 Å². The summed E-state index contributed by atoms with van der Waals surface area (Å²) in [5, 5.41) is 3.08. The van der Waals surface area contributed by atoms with Crippen LogP contribution in [0.25, 0.3) is 0 Å². The Kier molecular flexibility index (Phi) is 3.59. The second-order valence-electron chi connectivity index (χ2n) is 3.83. The largest absolute Gasteiger partial charge is 0.340 e. The average Bonchev–Trinajstić information content (AvgIpc) is 2.72. The summed E-state index contributed by atoms with van der Waals surface area (Å²) in [6.07, 6.45) is 3.58. The normalized spacial score (nSPS) is 12.7.